The highest BCUT2D eigenvalue weighted by atomic mass is 16.5. The lowest BCUT2D eigenvalue weighted by molar-refractivity contribution is -0.141. The normalized spacial score (nSPS) is 11.1. The topological polar surface area (TPSA) is 92.8 Å². The van der Waals surface area contributed by atoms with E-state index in [0.29, 0.717) is 0 Å². The highest BCUT2D eigenvalue weighted by molar-refractivity contribution is 5.86. The summed E-state index contributed by atoms with van der Waals surface area (Å²) in [6.45, 7) is 3.73. The molecule has 0 aromatic heterocycles. The minimum Gasteiger partial charge on any atom is -0.460 e. The van der Waals surface area contributed by atoms with Crippen molar-refractivity contribution in [1.29, 1.82) is 0 Å². The van der Waals surface area contributed by atoms with Crippen molar-refractivity contribution >= 4 is 5.97 Å². The van der Waals surface area contributed by atoms with E-state index in [9.17, 15) is 4.79 Å². The number of nitrogens with two attached hydrogens (primary N) is 1. The van der Waals surface area contributed by atoms with Crippen LogP contribution in [0.5, 0.6) is 0 Å². The Kier molecular flexibility index (Phi) is 4.61. The molecule has 0 aliphatic heterocycles. The second-order valence-electron chi connectivity index (χ2n) is 3.04. The molecule has 0 aromatic rings. The van der Waals surface area contributed by atoms with Crippen LogP contribution in [0.3, 0.4) is 0 Å². The minimum atomic E-state index is -1.27. The zero-order valence-corrected chi connectivity index (χ0v) is 7.62. The Morgan fingerprint density at radius 3 is 2.31 bits per heavy atom. The van der Waals surface area contributed by atoms with Crippen LogP contribution in [0.4, 0.5) is 0 Å². The van der Waals surface area contributed by atoms with Crippen molar-refractivity contribution < 1.29 is 19.7 Å². The van der Waals surface area contributed by atoms with Crippen molar-refractivity contribution in [3.8, 4) is 0 Å². The summed E-state index contributed by atoms with van der Waals surface area (Å²) in [6, 6.07) is 0. The summed E-state index contributed by atoms with van der Waals surface area (Å²) in [7, 11) is 0. The maximum Gasteiger partial charge on any atom is 0.333 e. The molecule has 0 radical (unpaired) electrons. The van der Waals surface area contributed by atoms with E-state index >= 15 is 0 Å². The molecular formula is C8H15NO4. The highest BCUT2D eigenvalue weighted by Crippen LogP contribution is 2.01. The maximum absolute atomic E-state index is 10.9. The van der Waals surface area contributed by atoms with Crippen LogP contribution in [0.15, 0.2) is 12.2 Å². The second kappa shape index (κ2) is 4.96. The SMILES string of the molecule is C=C(C)C(=O)OCC(N)(CO)CO. The molecule has 0 spiro atoms. The molecule has 4 N–H and O–H groups in total. The van der Waals surface area contributed by atoms with Gasteiger partial charge in [0.2, 0.25) is 0 Å². The van der Waals surface area contributed by atoms with Gasteiger partial charge in [-0.1, -0.05) is 6.58 Å². The molecule has 5 heteroatoms. The lowest BCUT2D eigenvalue weighted by atomic mass is 10.1. The number of ether oxygens (including phenoxy) is 1. The Bertz CT molecular complexity index is 198. The van der Waals surface area contributed by atoms with Gasteiger partial charge in [0, 0.05) is 5.57 Å². The van der Waals surface area contributed by atoms with Crippen LogP contribution in [0.25, 0.3) is 0 Å². The summed E-state index contributed by atoms with van der Waals surface area (Å²) in [5, 5.41) is 17.5. The van der Waals surface area contributed by atoms with E-state index in [1.807, 2.05) is 0 Å². The lowest BCUT2D eigenvalue weighted by Gasteiger charge is -2.23. The summed E-state index contributed by atoms with van der Waals surface area (Å²) in [5.74, 6) is -0.586. The van der Waals surface area contributed by atoms with Crippen LogP contribution in [0.2, 0.25) is 0 Å². The van der Waals surface area contributed by atoms with E-state index in [1.165, 1.54) is 6.92 Å². The second-order valence-corrected chi connectivity index (χ2v) is 3.04. The predicted octanol–water partition coefficient (Wildman–Crippen LogP) is -1.21. The van der Waals surface area contributed by atoms with Crippen LogP contribution in [-0.2, 0) is 9.53 Å². The van der Waals surface area contributed by atoms with Crippen LogP contribution in [-0.4, -0.2) is 41.5 Å². The standard InChI is InChI=1S/C8H15NO4/c1-6(2)7(12)13-5-8(9,3-10)4-11/h10-11H,1,3-5,9H2,2H3. The molecule has 0 bridgehead atoms. The molecule has 0 aliphatic carbocycles. The fraction of sp³-hybridized carbons (Fsp3) is 0.625. The van der Waals surface area contributed by atoms with Crippen molar-refractivity contribution in [2.45, 2.75) is 12.5 Å². The maximum atomic E-state index is 10.9. The molecule has 0 atom stereocenters. The number of carbonyl (C=O) groups is 1. The molecule has 5 nitrogen and oxygen atoms in total. The molecule has 0 amide bonds. The van der Waals surface area contributed by atoms with Crippen LogP contribution < -0.4 is 5.73 Å². The Balaban J connectivity index is 4.00. The van der Waals surface area contributed by atoms with E-state index in [-0.39, 0.29) is 12.2 Å². The smallest absolute Gasteiger partial charge is 0.333 e. The number of aliphatic hydroxyl groups excluding tert-OH is 2. The van der Waals surface area contributed by atoms with Crippen molar-refractivity contribution in [3.05, 3.63) is 12.2 Å². The molecule has 0 rings (SSSR count). The average Bonchev–Trinajstić information content (AvgIpc) is 2.13. The Labute approximate surface area is 76.8 Å². The Hall–Kier alpha value is -0.910. The van der Waals surface area contributed by atoms with Gasteiger partial charge in [0.15, 0.2) is 0 Å². The molecule has 0 aromatic carbocycles. The molecule has 0 unspecified atom stereocenters. The number of esters is 1. The molecule has 0 saturated heterocycles. The zero-order chi connectivity index (χ0) is 10.5. The average molecular weight is 189 g/mol. The molecule has 76 valence electrons. The first-order valence-electron chi connectivity index (χ1n) is 3.78. The van der Waals surface area contributed by atoms with E-state index in [0.717, 1.165) is 0 Å². The summed E-state index contributed by atoms with van der Waals surface area (Å²) >= 11 is 0. The van der Waals surface area contributed by atoms with Crippen molar-refractivity contribution in [2.24, 2.45) is 5.73 Å². The van der Waals surface area contributed by atoms with E-state index in [1.54, 1.807) is 0 Å². The minimum absolute atomic E-state index is 0.230. The number of rotatable bonds is 5. The third-order valence-electron chi connectivity index (χ3n) is 1.47. The highest BCUT2D eigenvalue weighted by Gasteiger charge is 2.25. The predicted molar refractivity (Wildman–Crippen MR) is 46.9 cm³/mol. The van der Waals surface area contributed by atoms with Gasteiger partial charge < -0.3 is 20.7 Å². The Morgan fingerprint density at radius 2 is 2.00 bits per heavy atom. The summed E-state index contributed by atoms with van der Waals surface area (Å²) in [4.78, 5) is 10.9. The fourth-order valence-corrected chi connectivity index (χ4v) is 0.474. The first-order valence-corrected chi connectivity index (χ1v) is 3.78. The first-order chi connectivity index (χ1) is 5.95. The van der Waals surface area contributed by atoms with Crippen LogP contribution in [0.1, 0.15) is 6.92 Å². The van der Waals surface area contributed by atoms with Crippen LogP contribution in [0, 0.1) is 0 Å². The van der Waals surface area contributed by atoms with Gasteiger partial charge in [-0.2, -0.15) is 0 Å². The molecule has 0 heterocycles. The molecule has 0 aliphatic rings. The number of aliphatic hydroxyl groups is 2. The van der Waals surface area contributed by atoms with E-state index in [2.05, 4.69) is 11.3 Å². The molecule has 0 fully saturated rings. The number of carbonyl (C=O) groups excluding carboxylic acids is 1. The quantitative estimate of drug-likeness (QED) is 0.372. The van der Waals surface area contributed by atoms with Gasteiger partial charge >= 0.3 is 5.97 Å². The van der Waals surface area contributed by atoms with Gasteiger partial charge in [0.25, 0.3) is 0 Å². The largest absolute Gasteiger partial charge is 0.460 e. The van der Waals surface area contributed by atoms with Crippen molar-refractivity contribution in [2.75, 3.05) is 19.8 Å². The number of hydrogen-bond donors (Lipinski definition) is 3. The van der Waals surface area contributed by atoms with Crippen LogP contribution >= 0.6 is 0 Å². The van der Waals surface area contributed by atoms with Crippen molar-refractivity contribution in [1.82, 2.24) is 0 Å². The van der Waals surface area contributed by atoms with Gasteiger partial charge in [-0.05, 0) is 6.92 Å². The molecular weight excluding hydrogens is 174 g/mol. The Morgan fingerprint density at radius 1 is 1.54 bits per heavy atom. The molecule has 0 saturated carbocycles. The zero-order valence-electron chi connectivity index (χ0n) is 7.62. The fourth-order valence-electron chi connectivity index (χ4n) is 0.474. The van der Waals surface area contributed by atoms with Crippen molar-refractivity contribution in [3.63, 3.8) is 0 Å². The van der Waals surface area contributed by atoms with E-state index < -0.39 is 24.7 Å². The van der Waals surface area contributed by atoms with Gasteiger partial charge in [0.05, 0.1) is 18.8 Å². The summed E-state index contributed by atoms with van der Waals surface area (Å²) in [5.41, 5.74) is 4.41. The molecule has 13 heavy (non-hydrogen) atoms. The van der Waals surface area contributed by atoms with Gasteiger partial charge in [-0.3, -0.25) is 0 Å². The monoisotopic (exact) mass is 189 g/mol. The third kappa shape index (κ3) is 4.02. The number of hydrogen-bond acceptors (Lipinski definition) is 5. The van der Waals surface area contributed by atoms with Gasteiger partial charge in [-0.25, -0.2) is 4.79 Å². The third-order valence-corrected chi connectivity index (χ3v) is 1.47. The van der Waals surface area contributed by atoms with Gasteiger partial charge in [0.1, 0.15) is 6.61 Å². The van der Waals surface area contributed by atoms with E-state index in [4.69, 9.17) is 15.9 Å². The summed E-state index contributed by atoms with van der Waals surface area (Å²) < 4.78 is 4.67. The summed E-state index contributed by atoms with van der Waals surface area (Å²) in [6.07, 6.45) is 0. The van der Waals surface area contributed by atoms with Gasteiger partial charge in [-0.15, -0.1) is 0 Å². The lowest BCUT2D eigenvalue weighted by Crippen LogP contribution is -2.51. The first kappa shape index (κ1) is 12.1.